The Kier molecular flexibility index (Phi) is 6.20. The molecule has 0 amide bonds. The molecule has 0 radical (unpaired) electrons. The van der Waals surface area contributed by atoms with E-state index in [9.17, 15) is 48.3 Å². The molecule has 1 aliphatic rings. The van der Waals surface area contributed by atoms with Gasteiger partial charge < -0.3 is 9.47 Å². The molecular formula is C13H15F11O2. The summed E-state index contributed by atoms with van der Waals surface area (Å²) in [4.78, 5) is 0. The SMILES string of the molecule is CCC1(COCCC(F)(F)C(F)(F)C(F)(F)C(F)(F)C(F)(F)F)COC1. The molecule has 26 heavy (non-hydrogen) atoms. The highest BCUT2D eigenvalue weighted by Gasteiger charge is 2.86. The average Bonchev–Trinajstić information content (AvgIpc) is 2.43. The fourth-order valence-corrected chi connectivity index (χ4v) is 2.03. The standard InChI is InChI=1S/C13H15F11O2/c1-2-8(6-26-7-8)5-25-4-3-9(14,15)10(16,17)11(18,19)12(20,21)13(22,23)24/h2-7H2,1H3. The van der Waals surface area contributed by atoms with Crippen LogP contribution >= 0.6 is 0 Å². The number of rotatable bonds is 9. The highest BCUT2D eigenvalue weighted by atomic mass is 19.4. The quantitative estimate of drug-likeness (QED) is 0.395. The maximum Gasteiger partial charge on any atom is 0.460 e. The lowest BCUT2D eigenvalue weighted by atomic mass is 9.84. The van der Waals surface area contributed by atoms with Crippen molar-refractivity contribution < 1.29 is 57.8 Å². The Morgan fingerprint density at radius 2 is 1.31 bits per heavy atom. The molecule has 0 aromatic carbocycles. The minimum absolute atomic E-state index is 0.186. The summed E-state index contributed by atoms with van der Waals surface area (Å²) in [7, 11) is 0. The largest absolute Gasteiger partial charge is 0.460 e. The molecule has 2 nitrogen and oxygen atoms in total. The third-order valence-corrected chi connectivity index (χ3v) is 4.14. The number of ether oxygens (including phenoxy) is 2. The fourth-order valence-electron chi connectivity index (χ4n) is 2.03. The topological polar surface area (TPSA) is 18.5 Å². The first-order valence-electron chi connectivity index (χ1n) is 7.21. The summed E-state index contributed by atoms with van der Waals surface area (Å²) in [6.07, 6.45) is -8.86. The average molecular weight is 412 g/mol. The van der Waals surface area contributed by atoms with E-state index < -0.39 is 48.3 Å². The third kappa shape index (κ3) is 3.73. The van der Waals surface area contributed by atoms with Crippen molar-refractivity contribution in [3.63, 3.8) is 0 Å². The Morgan fingerprint density at radius 3 is 1.65 bits per heavy atom. The summed E-state index contributed by atoms with van der Waals surface area (Å²) in [5.74, 6) is -27.6. The van der Waals surface area contributed by atoms with Crippen LogP contribution in [0, 0.1) is 5.41 Å². The molecular weight excluding hydrogens is 397 g/mol. The molecule has 0 aromatic heterocycles. The Hall–Kier alpha value is -0.850. The summed E-state index contributed by atoms with van der Waals surface area (Å²) >= 11 is 0. The van der Waals surface area contributed by atoms with Gasteiger partial charge in [-0.25, -0.2) is 0 Å². The number of hydrogen-bond acceptors (Lipinski definition) is 2. The molecule has 0 unspecified atom stereocenters. The number of hydrogen-bond donors (Lipinski definition) is 0. The van der Waals surface area contributed by atoms with Crippen LogP contribution in [0.2, 0.25) is 0 Å². The molecule has 1 saturated heterocycles. The van der Waals surface area contributed by atoms with E-state index in [-0.39, 0.29) is 19.8 Å². The zero-order chi connectivity index (χ0) is 20.7. The first-order valence-corrected chi connectivity index (χ1v) is 7.21. The predicted octanol–water partition coefficient (Wildman–Crippen LogP) is 4.92. The van der Waals surface area contributed by atoms with Gasteiger partial charge in [0, 0.05) is 11.8 Å². The van der Waals surface area contributed by atoms with E-state index in [0.717, 1.165) is 0 Å². The normalized spacial score (nSPS) is 19.4. The van der Waals surface area contributed by atoms with Crippen LogP contribution in [0.15, 0.2) is 0 Å². The van der Waals surface area contributed by atoms with Crippen molar-refractivity contribution in [3.8, 4) is 0 Å². The summed E-state index contributed by atoms with van der Waals surface area (Å²) in [5, 5.41) is 0. The van der Waals surface area contributed by atoms with Crippen LogP contribution in [0.5, 0.6) is 0 Å². The van der Waals surface area contributed by atoms with E-state index in [4.69, 9.17) is 4.74 Å². The summed E-state index contributed by atoms with van der Waals surface area (Å²) < 4.78 is 150. The lowest BCUT2D eigenvalue weighted by Gasteiger charge is -2.40. The van der Waals surface area contributed by atoms with Crippen molar-refractivity contribution in [1.82, 2.24) is 0 Å². The minimum Gasteiger partial charge on any atom is -0.380 e. The highest BCUT2D eigenvalue weighted by molar-refractivity contribution is 5.06. The lowest BCUT2D eigenvalue weighted by Crippen LogP contribution is -2.66. The van der Waals surface area contributed by atoms with Crippen molar-refractivity contribution in [2.45, 2.75) is 49.6 Å². The van der Waals surface area contributed by atoms with Gasteiger partial charge in [-0.2, -0.15) is 48.3 Å². The van der Waals surface area contributed by atoms with E-state index in [1.54, 1.807) is 6.92 Å². The van der Waals surface area contributed by atoms with Crippen LogP contribution in [0.25, 0.3) is 0 Å². The summed E-state index contributed by atoms with van der Waals surface area (Å²) in [6, 6.07) is 0. The molecule has 1 heterocycles. The zero-order valence-electron chi connectivity index (χ0n) is 13.2. The van der Waals surface area contributed by atoms with Crippen molar-refractivity contribution in [2.24, 2.45) is 5.41 Å². The van der Waals surface area contributed by atoms with Crippen LogP contribution in [-0.2, 0) is 9.47 Å². The molecule has 0 atom stereocenters. The van der Waals surface area contributed by atoms with E-state index in [0.29, 0.717) is 6.42 Å². The Balaban J connectivity index is 2.81. The lowest BCUT2D eigenvalue weighted by molar-refractivity contribution is -0.422. The molecule has 13 heteroatoms. The maximum absolute atomic E-state index is 13.4. The minimum atomic E-state index is -7.37. The number of halogens is 11. The second-order valence-electron chi connectivity index (χ2n) is 6.07. The van der Waals surface area contributed by atoms with E-state index in [2.05, 4.69) is 4.74 Å². The van der Waals surface area contributed by atoms with Crippen LogP contribution in [0.1, 0.15) is 19.8 Å². The first kappa shape index (κ1) is 23.2. The summed E-state index contributed by atoms with van der Waals surface area (Å²) in [6.45, 7) is 0.560. The molecule has 1 rings (SSSR count). The van der Waals surface area contributed by atoms with Crippen molar-refractivity contribution in [2.75, 3.05) is 26.4 Å². The first-order chi connectivity index (χ1) is 11.5. The molecule has 0 bridgehead atoms. The summed E-state index contributed by atoms with van der Waals surface area (Å²) in [5.41, 5.74) is -0.564. The molecule has 0 aromatic rings. The van der Waals surface area contributed by atoms with Crippen molar-refractivity contribution in [1.29, 1.82) is 0 Å². The van der Waals surface area contributed by atoms with Gasteiger partial charge >= 0.3 is 29.9 Å². The second kappa shape index (κ2) is 6.95. The van der Waals surface area contributed by atoms with Gasteiger partial charge in [0.05, 0.1) is 26.4 Å². The molecule has 1 fully saturated rings. The van der Waals surface area contributed by atoms with Gasteiger partial charge in [0.25, 0.3) is 0 Å². The zero-order valence-corrected chi connectivity index (χ0v) is 13.2. The van der Waals surface area contributed by atoms with Gasteiger partial charge in [-0.15, -0.1) is 0 Å². The molecule has 0 aliphatic carbocycles. The Labute approximate surface area is 140 Å². The van der Waals surface area contributed by atoms with E-state index in [1.165, 1.54) is 0 Å². The van der Waals surface area contributed by atoms with Crippen molar-refractivity contribution >= 4 is 0 Å². The monoisotopic (exact) mass is 412 g/mol. The second-order valence-corrected chi connectivity index (χ2v) is 6.07. The fraction of sp³-hybridized carbons (Fsp3) is 1.00. The van der Waals surface area contributed by atoms with Gasteiger partial charge in [-0.1, -0.05) is 6.92 Å². The van der Waals surface area contributed by atoms with Crippen LogP contribution < -0.4 is 0 Å². The van der Waals surface area contributed by atoms with Gasteiger partial charge in [-0.3, -0.25) is 0 Å². The third-order valence-electron chi connectivity index (χ3n) is 4.14. The Morgan fingerprint density at radius 1 is 0.808 bits per heavy atom. The van der Waals surface area contributed by atoms with Crippen molar-refractivity contribution in [3.05, 3.63) is 0 Å². The molecule has 1 aliphatic heterocycles. The smallest absolute Gasteiger partial charge is 0.380 e. The van der Waals surface area contributed by atoms with E-state index in [1.807, 2.05) is 0 Å². The van der Waals surface area contributed by atoms with Gasteiger partial charge in [0.2, 0.25) is 0 Å². The van der Waals surface area contributed by atoms with E-state index >= 15 is 0 Å². The van der Waals surface area contributed by atoms with Crippen LogP contribution in [-0.4, -0.2) is 56.3 Å². The highest BCUT2D eigenvalue weighted by Crippen LogP contribution is 2.57. The molecule has 0 N–H and O–H groups in total. The van der Waals surface area contributed by atoms with Crippen LogP contribution in [0.4, 0.5) is 48.3 Å². The van der Waals surface area contributed by atoms with Gasteiger partial charge in [0.15, 0.2) is 0 Å². The maximum atomic E-state index is 13.4. The number of alkyl halides is 11. The van der Waals surface area contributed by atoms with Gasteiger partial charge in [-0.05, 0) is 6.42 Å². The Bertz CT molecular complexity index is 477. The molecule has 156 valence electrons. The van der Waals surface area contributed by atoms with Crippen LogP contribution in [0.3, 0.4) is 0 Å². The van der Waals surface area contributed by atoms with Gasteiger partial charge in [0.1, 0.15) is 0 Å². The predicted molar refractivity (Wildman–Crippen MR) is 64.8 cm³/mol. The molecule has 0 saturated carbocycles. The molecule has 0 spiro atoms.